The maximum Gasteiger partial charge on any atom is 0.227 e. The van der Waals surface area contributed by atoms with E-state index in [0.29, 0.717) is 26.1 Å². The van der Waals surface area contributed by atoms with Gasteiger partial charge in [0.2, 0.25) is 11.2 Å². The molecule has 0 bridgehead atoms. The predicted molar refractivity (Wildman–Crippen MR) is 96.8 cm³/mol. The van der Waals surface area contributed by atoms with E-state index in [1.807, 2.05) is 0 Å². The minimum Gasteiger partial charge on any atom is -0.493 e. The smallest absolute Gasteiger partial charge is 0.227 e. The first-order chi connectivity index (χ1) is 13.0. The number of unbranched alkanes of at least 4 members (excludes halogenated alkanes) is 2. The van der Waals surface area contributed by atoms with Crippen LogP contribution < -0.4 is 14.9 Å². The van der Waals surface area contributed by atoms with Gasteiger partial charge in [0.15, 0.2) is 17.4 Å². The number of aliphatic hydroxyl groups is 1. The Hall–Kier alpha value is -2.67. The van der Waals surface area contributed by atoms with Gasteiger partial charge >= 0.3 is 0 Å². The molecule has 1 aromatic heterocycles. The van der Waals surface area contributed by atoms with Crippen molar-refractivity contribution in [1.29, 1.82) is 0 Å². The van der Waals surface area contributed by atoms with Gasteiger partial charge in [0.25, 0.3) is 0 Å². The third-order valence-corrected chi connectivity index (χ3v) is 3.65. The van der Waals surface area contributed by atoms with Crippen LogP contribution in [0.25, 0.3) is 6.08 Å². The molecule has 1 N–H and O–H groups in total. The highest BCUT2D eigenvalue weighted by Gasteiger charge is 2.11. The van der Waals surface area contributed by atoms with Gasteiger partial charge in [0, 0.05) is 12.1 Å². The van der Waals surface area contributed by atoms with E-state index in [2.05, 4.69) is 0 Å². The second kappa shape index (κ2) is 10.5. The summed E-state index contributed by atoms with van der Waals surface area (Å²) in [5, 5.41) is 9.10. The first-order valence-electron chi connectivity index (χ1n) is 8.66. The van der Waals surface area contributed by atoms with Gasteiger partial charge in [0.05, 0.1) is 13.2 Å². The van der Waals surface area contributed by atoms with Gasteiger partial charge in [-0.2, -0.15) is 0 Å². The van der Waals surface area contributed by atoms with Gasteiger partial charge in [0.1, 0.15) is 18.1 Å². The highest BCUT2D eigenvalue weighted by atomic mass is 19.2. The summed E-state index contributed by atoms with van der Waals surface area (Å²) in [6, 6.07) is 4.61. The van der Waals surface area contributed by atoms with E-state index in [-0.39, 0.29) is 35.1 Å². The molecular formula is C20H22F2O5. The molecule has 0 unspecified atom stereocenters. The van der Waals surface area contributed by atoms with Crippen LogP contribution in [0.3, 0.4) is 0 Å². The number of rotatable bonds is 10. The van der Waals surface area contributed by atoms with Crippen molar-refractivity contribution in [1.82, 2.24) is 0 Å². The topological polar surface area (TPSA) is 68.9 Å². The van der Waals surface area contributed by atoms with Crippen LogP contribution >= 0.6 is 0 Å². The van der Waals surface area contributed by atoms with E-state index in [9.17, 15) is 13.6 Å². The van der Waals surface area contributed by atoms with Crippen molar-refractivity contribution in [3.63, 3.8) is 0 Å². The number of halogens is 2. The van der Waals surface area contributed by atoms with Crippen LogP contribution in [0, 0.1) is 11.6 Å². The fourth-order valence-corrected chi connectivity index (χ4v) is 2.34. The van der Waals surface area contributed by atoms with E-state index in [0.717, 1.165) is 18.6 Å². The maximum atomic E-state index is 13.1. The van der Waals surface area contributed by atoms with Crippen molar-refractivity contribution in [3.05, 3.63) is 63.7 Å². The molecule has 0 radical (unpaired) electrons. The molecule has 0 saturated heterocycles. The van der Waals surface area contributed by atoms with Crippen LogP contribution in [-0.2, 0) is 6.61 Å². The molecule has 7 heteroatoms. The van der Waals surface area contributed by atoms with E-state index in [1.54, 1.807) is 19.1 Å². The van der Waals surface area contributed by atoms with E-state index in [4.69, 9.17) is 19.0 Å². The molecule has 146 valence electrons. The molecule has 1 heterocycles. The lowest BCUT2D eigenvalue weighted by Crippen LogP contribution is -2.11. The average molecular weight is 380 g/mol. The summed E-state index contributed by atoms with van der Waals surface area (Å²) >= 11 is 0. The van der Waals surface area contributed by atoms with Crippen LogP contribution in [0.15, 0.2) is 39.6 Å². The Kier molecular flexibility index (Phi) is 8.00. The molecule has 0 spiro atoms. The Labute approximate surface area is 155 Å². The molecule has 1 aromatic carbocycles. The Morgan fingerprint density at radius 1 is 1.07 bits per heavy atom. The zero-order chi connectivity index (χ0) is 19.6. The minimum absolute atomic E-state index is 0.114. The molecule has 0 saturated carbocycles. The molecule has 2 rings (SSSR count). The molecule has 0 aliphatic heterocycles. The Morgan fingerprint density at radius 3 is 2.48 bits per heavy atom. The highest BCUT2D eigenvalue weighted by molar-refractivity contribution is 5.50. The quantitative estimate of drug-likeness (QED) is 0.629. The van der Waals surface area contributed by atoms with Gasteiger partial charge in [-0.25, -0.2) is 8.78 Å². The first-order valence-corrected chi connectivity index (χ1v) is 8.66. The van der Waals surface area contributed by atoms with E-state index >= 15 is 0 Å². The minimum atomic E-state index is -0.941. The Bertz CT molecular complexity index is 830. The number of hydrogen-bond acceptors (Lipinski definition) is 5. The number of aliphatic hydroxyl groups excluding tert-OH is 1. The normalized spacial score (nSPS) is 11.1. The van der Waals surface area contributed by atoms with Crippen molar-refractivity contribution in [2.45, 2.75) is 32.8 Å². The molecule has 0 fully saturated rings. The van der Waals surface area contributed by atoms with Gasteiger partial charge in [-0.15, -0.1) is 0 Å². The van der Waals surface area contributed by atoms with Crippen LogP contribution in [0.1, 0.15) is 37.7 Å². The summed E-state index contributed by atoms with van der Waals surface area (Å²) in [6.07, 6.45) is 5.45. The number of benzene rings is 1. The summed E-state index contributed by atoms with van der Waals surface area (Å²) < 4.78 is 42.2. The second-order valence-electron chi connectivity index (χ2n) is 5.76. The monoisotopic (exact) mass is 380 g/mol. The van der Waals surface area contributed by atoms with Crippen molar-refractivity contribution in [2.75, 3.05) is 13.2 Å². The van der Waals surface area contributed by atoms with Crippen molar-refractivity contribution < 1.29 is 27.8 Å². The van der Waals surface area contributed by atoms with E-state index < -0.39 is 11.6 Å². The molecule has 0 amide bonds. The fraction of sp³-hybridized carbons (Fsp3) is 0.350. The molecule has 27 heavy (non-hydrogen) atoms. The Morgan fingerprint density at radius 2 is 1.81 bits per heavy atom. The zero-order valence-corrected chi connectivity index (χ0v) is 15.0. The lowest BCUT2D eigenvalue weighted by atomic mass is 10.2. The molecule has 0 aliphatic rings. The van der Waals surface area contributed by atoms with Gasteiger partial charge < -0.3 is 19.0 Å². The largest absolute Gasteiger partial charge is 0.493 e. The van der Waals surface area contributed by atoms with Crippen LogP contribution in [-0.4, -0.2) is 18.3 Å². The lowest BCUT2D eigenvalue weighted by Gasteiger charge is -2.09. The number of allylic oxidation sites excluding steroid dienone is 1. The molecule has 2 aromatic rings. The summed E-state index contributed by atoms with van der Waals surface area (Å²) in [4.78, 5) is 12.1. The highest BCUT2D eigenvalue weighted by Crippen LogP contribution is 2.18. The second-order valence-corrected chi connectivity index (χ2v) is 5.76. The van der Waals surface area contributed by atoms with Crippen molar-refractivity contribution in [2.24, 2.45) is 0 Å². The summed E-state index contributed by atoms with van der Waals surface area (Å²) in [5.41, 5.74) is -0.347. The Balaban J connectivity index is 1.75. The summed E-state index contributed by atoms with van der Waals surface area (Å²) in [6.45, 7) is 2.10. The molecule has 0 atom stereocenters. The summed E-state index contributed by atoms with van der Waals surface area (Å²) in [7, 11) is 0. The third-order valence-electron chi connectivity index (χ3n) is 3.65. The standard InChI is InChI=1S/C20H22F2O5/c1-2-6-19-20(18(24)12-15(13-23)27-19)26-10-5-3-4-9-25-14-7-8-16(21)17(22)11-14/h2,6-8,11-12,23H,3-5,9-10,13H2,1H3/b6-2+. The maximum absolute atomic E-state index is 13.1. The fourth-order valence-electron chi connectivity index (χ4n) is 2.34. The molecular weight excluding hydrogens is 358 g/mol. The molecule has 0 aliphatic carbocycles. The number of hydrogen-bond donors (Lipinski definition) is 1. The van der Waals surface area contributed by atoms with Crippen LogP contribution in [0.2, 0.25) is 0 Å². The van der Waals surface area contributed by atoms with Gasteiger partial charge in [-0.1, -0.05) is 6.08 Å². The third kappa shape index (κ3) is 6.21. The number of ether oxygens (including phenoxy) is 2. The first kappa shape index (κ1) is 20.6. The predicted octanol–water partition coefficient (Wildman–Crippen LogP) is 4.07. The van der Waals surface area contributed by atoms with Gasteiger partial charge in [-0.05, 0) is 44.4 Å². The SMILES string of the molecule is C/C=C/c1oc(CO)cc(=O)c1OCCCCCOc1ccc(F)c(F)c1. The van der Waals surface area contributed by atoms with Crippen LogP contribution in [0.5, 0.6) is 11.5 Å². The van der Waals surface area contributed by atoms with E-state index in [1.165, 1.54) is 12.1 Å². The van der Waals surface area contributed by atoms with Crippen molar-refractivity contribution >= 4 is 6.08 Å². The molecule has 5 nitrogen and oxygen atoms in total. The zero-order valence-electron chi connectivity index (χ0n) is 15.0. The van der Waals surface area contributed by atoms with Crippen molar-refractivity contribution in [3.8, 4) is 11.5 Å². The average Bonchev–Trinajstić information content (AvgIpc) is 2.65. The van der Waals surface area contributed by atoms with Gasteiger partial charge in [-0.3, -0.25) is 4.79 Å². The van der Waals surface area contributed by atoms with Crippen LogP contribution in [0.4, 0.5) is 8.78 Å². The summed E-state index contributed by atoms with van der Waals surface area (Å²) in [5.74, 6) is -1.01. The lowest BCUT2D eigenvalue weighted by molar-refractivity contribution is 0.234.